The van der Waals surface area contributed by atoms with Crippen LogP contribution in [0.15, 0.2) is 60.4 Å². The van der Waals surface area contributed by atoms with Crippen molar-refractivity contribution >= 4 is 41.5 Å². The number of carboxylic acids is 1. The van der Waals surface area contributed by atoms with Crippen LogP contribution in [0, 0.1) is 5.92 Å². The summed E-state index contributed by atoms with van der Waals surface area (Å²) in [5, 5.41) is 22.8. The summed E-state index contributed by atoms with van der Waals surface area (Å²) in [6.45, 7) is 5.20. The van der Waals surface area contributed by atoms with Crippen molar-refractivity contribution < 1.29 is 33.9 Å². The Balaban J connectivity index is 1.71. The lowest BCUT2D eigenvalue weighted by Gasteiger charge is -2.27. The molecule has 0 aliphatic carbocycles. The molecule has 6 atom stereocenters. The van der Waals surface area contributed by atoms with E-state index in [4.69, 9.17) is 17.2 Å². The fourth-order valence-electron chi connectivity index (χ4n) is 5.58. The maximum atomic E-state index is 13.7. The van der Waals surface area contributed by atoms with Crippen LogP contribution in [0.1, 0.15) is 57.0 Å². The molecule has 0 aliphatic heterocycles. The number of aliphatic carboxylic acids is 1. The van der Waals surface area contributed by atoms with Crippen LogP contribution in [0.5, 0.6) is 0 Å². The van der Waals surface area contributed by atoms with Gasteiger partial charge >= 0.3 is 5.97 Å². The van der Waals surface area contributed by atoms with Gasteiger partial charge in [0.15, 0.2) is 5.96 Å². The number of H-pyrrole nitrogens is 2. The van der Waals surface area contributed by atoms with E-state index in [2.05, 4.69) is 51.5 Å². The van der Waals surface area contributed by atoms with Gasteiger partial charge in [-0.1, -0.05) is 44.2 Å². The van der Waals surface area contributed by atoms with Crippen molar-refractivity contribution in [2.75, 3.05) is 6.54 Å². The summed E-state index contributed by atoms with van der Waals surface area (Å²) in [7, 11) is 0. The topological polar surface area (TPSA) is 331 Å². The number of aliphatic imine (C=N–C) groups is 1. The summed E-state index contributed by atoms with van der Waals surface area (Å²) in [6, 6.07) is 2.12. The SMILES string of the molecule is CC(C)C[C@H](NC(=O)[C@H](C)NC(=O)[C@H](Cc1cnc[nH]1)NC(=O)[C@@H](N)Cc1ccccc1)C(=O)N[C@@H](CCCN=C(N)N)C(=O)N[C@@H](Cc1cnc[nH]1)C(=O)O. The fourth-order valence-corrected chi connectivity index (χ4v) is 5.58. The molecule has 2 heterocycles. The van der Waals surface area contributed by atoms with Crippen LogP contribution in [0.3, 0.4) is 0 Å². The average molecular weight is 780 g/mol. The third-order valence-electron chi connectivity index (χ3n) is 8.51. The number of nitrogens with two attached hydrogens (primary N) is 3. The number of hydrogen-bond donors (Lipinski definition) is 11. The molecule has 20 heteroatoms. The number of aromatic nitrogens is 4. The van der Waals surface area contributed by atoms with Crippen LogP contribution in [0.25, 0.3) is 0 Å². The zero-order valence-electron chi connectivity index (χ0n) is 31.7. The number of nitrogens with zero attached hydrogens (tertiary/aromatic N) is 3. The van der Waals surface area contributed by atoms with Gasteiger partial charge in [0.1, 0.15) is 30.2 Å². The number of carboxylic acid groups (broad SMARTS) is 1. The van der Waals surface area contributed by atoms with E-state index in [0.29, 0.717) is 11.4 Å². The van der Waals surface area contributed by atoms with Crippen LogP contribution < -0.4 is 43.8 Å². The number of benzene rings is 1. The number of carbonyl (C=O) groups is 6. The molecule has 0 fully saturated rings. The molecule has 304 valence electrons. The Morgan fingerprint density at radius 3 is 1.80 bits per heavy atom. The van der Waals surface area contributed by atoms with Crippen molar-refractivity contribution in [1.82, 2.24) is 46.5 Å². The number of rotatable bonds is 23. The number of amides is 5. The Morgan fingerprint density at radius 2 is 1.25 bits per heavy atom. The second kappa shape index (κ2) is 22.2. The fraction of sp³-hybridized carbons (Fsp3) is 0.472. The Bertz CT molecular complexity index is 1750. The van der Waals surface area contributed by atoms with Crippen LogP contribution in [0.2, 0.25) is 0 Å². The van der Waals surface area contributed by atoms with E-state index in [-0.39, 0.29) is 56.9 Å². The van der Waals surface area contributed by atoms with Crippen LogP contribution >= 0.6 is 0 Å². The molecule has 0 radical (unpaired) electrons. The van der Waals surface area contributed by atoms with Gasteiger partial charge in [-0.15, -0.1) is 0 Å². The maximum absolute atomic E-state index is 13.7. The molecule has 1 aromatic carbocycles. The van der Waals surface area contributed by atoms with E-state index < -0.39 is 71.8 Å². The molecule has 0 saturated heterocycles. The van der Waals surface area contributed by atoms with E-state index in [9.17, 15) is 33.9 Å². The van der Waals surface area contributed by atoms with Gasteiger partial charge in [-0.3, -0.25) is 29.0 Å². The lowest BCUT2D eigenvalue weighted by molar-refractivity contribution is -0.142. The predicted octanol–water partition coefficient (Wildman–Crippen LogP) is -1.88. The highest BCUT2D eigenvalue weighted by molar-refractivity contribution is 5.96. The van der Waals surface area contributed by atoms with Crippen LogP contribution in [0.4, 0.5) is 0 Å². The third-order valence-corrected chi connectivity index (χ3v) is 8.51. The lowest BCUT2D eigenvalue weighted by atomic mass is 10.0. The minimum absolute atomic E-state index is 0.0135. The summed E-state index contributed by atoms with van der Waals surface area (Å²) in [5.74, 6) is -5.05. The molecule has 0 spiro atoms. The first-order valence-electron chi connectivity index (χ1n) is 18.2. The number of guanidine groups is 1. The molecule has 0 bridgehead atoms. The molecule has 56 heavy (non-hydrogen) atoms. The van der Waals surface area contributed by atoms with E-state index >= 15 is 0 Å². The average Bonchev–Trinajstić information content (AvgIpc) is 3.86. The largest absolute Gasteiger partial charge is 0.480 e. The number of carbonyl (C=O) groups excluding carboxylic acids is 5. The smallest absolute Gasteiger partial charge is 0.326 e. The minimum atomic E-state index is -1.35. The maximum Gasteiger partial charge on any atom is 0.326 e. The van der Waals surface area contributed by atoms with Gasteiger partial charge in [-0.25, -0.2) is 14.8 Å². The molecule has 0 aliphatic rings. The van der Waals surface area contributed by atoms with Crippen molar-refractivity contribution in [3.8, 4) is 0 Å². The zero-order chi connectivity index (χ0) is 41.2. The Hall–Kier alpha value is -6.31. The highest BCUT2D eigenvalue weighted by Gasteiger charge is 2.32. The highest BCUT2D eigenvalue weighted by Crippen LogP contribution is 2.10. The molecule has 3 rings (SSSR count). The molecule has 0 saturated carbocycles. The lowest BCUT2D eigenvalue weighted by Crippen LogP contribution is -2.59. The number of hydrogen-bond acceptors (Lipinski definition) is 10. The predicted molar refractivity (Wildman–Crippen MR) is 205 cm³/mol. The first kappa shape index (κ1) is 44.1. The quantitative estimate of drug-likeness (QED) is 0.0286. The zero-order valence-corrected chi connectivity index (χ0v) is 31.7. The molecule has 0 unspecified atom stereocenters. The highest BCUT2D eigenvalue weighted by atomic mass is 16.4. The van der Waals surface area contributed by atoms with E-state index in [1.54, 1.807) is 0 Å². The second-order valence-corrected chi connectivity index (χ2v) is 13.7. The number of imidazole rings is 2. The summed E-state index contributed by atoms with van der Waals surface area (Å²) >= 11 is 0. The first-order valence-corrected chi connectivity index (χ1v) is 18.2. The molecule has 14 N–H and O–H groups in total. The summed E-state index contributed by atoms with van der Waals surface area (Å²) in [6.07, 6.45) is 6.28. The van der Waals surface area contributed by atoms with Crippen LogP contribution in [-0.2, 0) is 48.0 Å². The van der Waals surface area contributed by atoms with Gasteiger partial charge in [-0.05, 0) is 44.1 Å². The third kappa shape index (κ3) is 15.2. The second-order valence-electron chi connectivity index (χ2n) is 13.7. The van der Waals surface area contributed by atoms with Gasteiger partial charge in [0, 0.05) is 43.2 Å². The van der Waals surface area contributed by atoms with E-state index in [1.807, 2.05) is 44.2 Å². The molecule has 2 aromatic heterocycles. The van der Waals surface area contributed by atoms with Crippen molar-refractivity contribution in [3.05, 3.63) is 72.3 Å². The Labute approximate surface area is 324 Å². The Morgan fingerprint density at radius 1 is 0.714 bits per heavy atom. The van der Waals surface area contributed by atoms with Gasteiger partial charge in [0.2, 0.25) is 29.5 Å². The van der Waals surface area contributed by atoms with Gasteiger partial charge < -0.3 is 58.9 Å². The van der Waals surface area contributed by atoms with E-state index in [0.717, 1.165) is 5.56 Å². The Kier molecular flexibility index (Phi) is 17.4. The molecular weight excluding hydrogens is 726 g/mol. The summed E-state index contributed by atoms with van der Waals surface area (Å²) in [5.41, 5.74) is 18.8. The van der Waals surface area contributed by atoms with Gasteiger partial charge in [0.05, 0.1) is 18.7 Å². The summed E-state index contributed by atoms with van der Waals surface area (Å²) < 4.78 is 0. The first-order chi connectivity index (χ1) is 26.6. The van der Waals surface area contributed by atoms with E-state index in [1.165, 1.54) is 32.0 Å². The summed E-state index contributed by atoms with van der Waals surface area (Å²) in [4.78, 5) is 96.8. The number of nitrogens with one attached hydrogen (secondary N) is 7. The van der Waals surface area contributed by atoms with Crippen LogP contribution in [-0.4, -0.2) is 109 Å². The standard InChI is InChI=1S/C36H53N13O7/c1-20(2)12-27(34(54)46-26(10-7-11-42-36(38)39)32(52)49-29(35(55)56)15-24-17-41-19-44-24)47-30(50)21(3)45-33(53)28(14-23-16-40-18-43-23)48-31(51)25(37)13-22-8-5-4-6-9-22/h4-6,8-9,16-21,25-29H,7,10-15,37H2,1-3H3,(H,40,43)(H,41,44)(H,45,53)(H,46,54)(H,47,50)(H,48,51)(H,49,52)(H,55,56)(H4,38,39,42)/t21-,25-,26-,27-,28-,29-/m0/s1. The van der Waals surface area contributed by atoms with Crippen molar-refractivity contribution in [3.63, 3.8) is 0 Å². The molecule has 3 aromatic rings. The van der Waals surface area contributed by atoms with Crippen molar-refractivity contribution in [1.29, 1.82) is 0 Å². The van der Waals surface area contributed by atoms with Crippen molar-refractivity contribution in [2.24, 2.45) is 28.1 Å². The normalized spacial score (nSPS) is 14.2. The minimum Gasteiger partial charge on any atom is -0.480 e. The van der Waals surface area contributed by atoms with Crippen molar-refractivity contribution in [2.45, 2.75) is 95.5 Å². The molecule has 5 amide bonds. The molecular formula is C36H53N13O7. The molecule has 20 nitrogen and oxygen atoms in total. The van der Waals surface area contributed by atoms with Gasteiger partial charge in [-0.2, -0.15) is 0 Å². The monoisotopic (exact) mass is 779 g/mol. The van der Waals surface area contributed by atoms with Gasteiger partial charge in [0.25, 0.3) is 0 Å². The number of aromatic amines is 2.